The van der Waals surface area contributed by atoms with Crippen molar-refractivity contribution in [3.05, 3.63) is 132 Å². The second-order valence-electron chi connectivity index (χ2n) is 9.23. The van der Waals surface area contributed by atoms with Crippen molar-refractivity contribution >= 4 is 45.1 Å². The average Bonchev–Trinajstić information content (AvgIpc) is 2.96. The Labute approximate surface area is 231 Å². The van der Waals surface area contributed by atoms with Gasteiger partial charge >= 0.3 is 0 Å². The van der Waals surface area contributed by atoms with E-state index in [1.54, 1.807) is 35.7 Å². The Kier molecular flexibility index (Phi) is 7.00. The molecule has 0 spiro atoms. The first-order valence-corrected chi connectivity index (χ1v) is 14.5. The van der Waals surface area contributed by atoms with E-state index in [0.29, 0.717) is 11.1 Å². The minimum atomic E-state index is 0.160. The van der Waals surface area contributed by atoms with Gasteiger partial charge in [-0.15, -0.1) is 23.5 Å². The third-order valence-electron chi connectivity index (χ3n) is 6.69. The maximum absolute atomic E-state index is 11.1. The fourth-order valence-electron chi connectivity index (χ4n) is 4.76. The molecule has 2 N–H and O–H groups in total. The molecule has 6 rings (SSSR count). The molecule has 0 atom stereocenters. The van der Waals surface area contributed by atoms with Gasteiger partial charge in [-0.3, -0.25) is 0 Å². The monoisotopic (exact) mass is 530 g/mol. The number of hydrogen-bond donors (Lipinski definition) is 2. The molecule has 0 aliphatic heterocycles. The second kappa shape index (κ2) is 10.9. The normalized spacial score (nSPS) is 11.3. The zero-order valence-electron chi connectivity index (χ0n) is 20.7. The van der Waals surface area contributed by atoms with Crippen LogP contribution in [0.25, 0.3) is 32.7 Å². The summed E-state index contributed by atoms with van der Waals surface area (Å²) >= 11 is 3.53. The molecule has 6 aromatic carbocycles. The number of phenolic OH excluding ortho intramolecular Hbond substituents is 2. The molecule has 0 aliphatic rings. The van der Waals surface area contributed by atoms with Gasteiger partial charge in [0, 0.05) is 32.4 Å². The Hall–Kier alpha value is -3.86. The summed E-state index contributed by atoms with van der Waals surface area (Å²) in [6, 6.07) is 40.8. The molecule has 0 saturated carbocycles. The topological polar surface area (TPSA) is 40.5 Å². The van der Waals surface area contributed by atoms with Gasteiger partial charge in [0.1, 0.15) is 11.5 Å². The molecule has 2 nitrogen and oxygen atoms in total. The third-order valence-corrected chi connectivity index (χ3v) is 8.82. The van der Waals surface area contributed by atoms with E-state index < -0.39 is 0 Å². The van der Waals surface area contributed by atoms with Crippen molar-refractivity contribution in [3.63, 3.8) is 0 Å². The fourth-order valence-corrected chi connectivity index (χ4v) is 6.54. The van der Waals surface area contributed by atoms with E-state index in [4.69, 9.17) is 0 Å². The summed E-state index contributed by atoms with van der Waals surface area (Å²) in [5, 5.41) is 26.2. The van der Waals surface area contributed by atoms with E-state index in [2.05, 4.69) is 84.9 Å². The van der Waals surface area contributed by atoms with Crippen molar-refractivity contribution in [3.8, 4) is 22.6 Å². The minimum Gasteiger partial charge on any atom is -0.507 e. The molecule has 0 unspecified atom stereocenters. The highest BCUT2D eigenvalue weighted by Crippen LogP contribution is 2.46. The SMILES string of the molecule is Oc1ccc2ccc(SCc3ccccc3)cc2c1-c1c(O)ccc2ccc(SCc3ccccc3)cc12. The molecule has 38 heavy (non-hydrogen) atoms. The summed E-state index contributed by atoms with van der Waals surface area (Å²) in [6.07, 6.45) is 0. The van der Waals surface area contributed by atoms with E-state index >= 15 is 0 Å². The van der Waals surface area contributed by atoms with Gasteiger partial charge < -0.3 is 10.2 Å². The summed E-state index contributed by atoms with van der Waals surface area (Å²) < 4.78 is 0. The van der Waals surface area contributed by atoms with Crippen molar-refractivity contribution in [2.45, 2.75) is 21.3 Å². The maximum atomic E-state index is 11.1. The van der Waals surface area contributed by atoms with Gasteiger partial charge in [0.15, 0.2) is 0 Å². The molecule has 186 valence electrons. The van der Waals surface area contributed by atoms with E-state index in [1.807, 2.05) is 24.3 Å². The summed E-state index contributed by atoms with van der Waals surface area (Å²) in [6.45, 7) is 0. The molecule has 0 saturated heterocycles. The van der Waals surface area contributed by atoms with Crippen molar-refractivity contribution in [1.82, 2.24) is 0 Å². The highest BCUT2D eigenvalue weighted by Gasteiger charge is 2.18. The van der Waals surface area contributed by atoms with Crippen LogP contribution in [0.3, 0.4) is 0 Å². The highest BCUT2D eigenvalue weighted by atomic mass is 32.2. The standard InChI is InChI=1S/C34H26O2S2/c35-31-17-13-25-11-15-27(37-21-23-7-3-1-4-8-23)19-29(25)33(31)34-30-20-28(16-12-26(30)14-18-32(34)36)38-22-24-9-5-2-6-10-24/h1-20,35-36H,21-22H2. The fraction of sp³-hybridized carbons (Fsp3) is 0.0588. The van der Waals surface area contributed by atoms with Crippen molar-refractivity contribution in [1.29, 1.82) is 0 Å². The third kappa shape index (κ3) is 5.10. The molecule has 0 aromatic heterocycles. The minimum absolute atomic E-state index is 0.160. The van der Waals surface area contributed by atoms with Gasteiger partial charge in [-0.25, -0.2) is 0 Å². The molecule has 0 amide bonds. The lowest BCUT2D eigenvalue weighted by Gasteiger charge is -2.16. The molecule has 0 aliphatic carbocycles. The van der Waals surface area contributed by atoms with Crippen LogP contribution in [-0.4, -0.2) is 10.2 Å². The highest BCUT2D eigenvalue weighted by molar-refractivity contribution is 7.98. The first-order chi connectivity index (χ1) is 18.7. The molecule has 0 fully saturated rings. The number of aromatic hydroxyl groups is 2. The Morgan fingerprint density at radius 2 is 0.842 bits per heavy atom. The van der Waals surface area contributed by atoms with Gasteiger partial charge in [0.05, 0.1) is 0 Å². The predicted octanol–water partition coefficient (Wildman–Crippen LogP) is 9.66. The molecular formula is C34H26O2S2. The number of hydrogen-bond acceptors (Lipinski definition) is 4. The number of thioether (sulfide) groups is 2. The summed E-state index contributed by atoms with van der Waals surface area (Å²) in [7, 11) is 0. The first kappa shape index (κ1) is 24.5. The zero-order valence-corrected chi connectivity index (χ0v) is 22.3. The van der Waals surface area contributed by atoms with Crippen LogP contribution in [0.2, 0.25) is 0 Å². The molecule has 0 heterocycles. The van der Waals surface area contributed by atoms with Gasteiger partial charge in [-0.2, -0.15) is 0 Å². The first-order valence-electron chi connectivity index (χ1n) is 12.5. The second-order valence-corrected chi connectivity index (χ2v) is 11.3. The maximum Gasteiger partial charge on any atom is 0.124 e. The van der Waals surface area contributed by atoms with E-state index in [0.717, 1.165) is 42.8 Å². The molecular weight excluding hydrogens is 505 g/mol. The lowest BCUT2D eigenvalue weighted by atomic mass is 9.92. The van der Waals surface area contributed by atoms with Crippen molar-refractivity contribution in [2.75, 3.05) is 0 Å². The van der Waals surface area contributed by atoms with Crippen LogP contribution in [0.5, 0.6) is 11.5 Å². The van der Waals surface area contributed by atoms with E-state index in [9.17, 15) is 10.2 Å². The van der Waals surface area contributed by atoms with Gasteiger partial charge in [0.2, 0.25) is 0 Å². The van der Waals surface area contributed by atoms with E-state index in [1.165, 1.54) is 11.1 Å². The Balaban J connectivity index is 1.43. The molecule has 0 radical (unpaired) electrons. The number of rotatable bonds is 7. The van der Waals surface area contributed by atoms with Gasteiger partial charge in [-0.05, 0) is 69.1 Å². The van der Waals surface area contributed by atoms with Crippen LogP contribution in [0.4, 0.5) is 0 Å². The van der Waals surface area contributed by atoms with Crippen LogP contribution in [0.1, 0.15) is 11.1 Å². The number of benzene rings is 6. The van der Waals surface area contributed by atoms with Crippen LogP contribution < -0.4 is 0 Å². The van der Waals surface area contributed by atoms with Crippen LogP contribution in [-0.2, 0) is 11.5 Å². The lowest BCUT2D eigenvalue weighted by Crippen LogP contribution is -1.89. The largest absolute Gasteiger partial charge is 0.507 e. The average molecular weight is 531 g/mol. The van der Waals surface area contributed by atoms with Gasteiger partial charge in [-0.1, -0.05) is 84.9 Å². The van der Waals surface area contributed by atoms with Crippen molar-refractivity contribution in [2.24, 2.45) is 0 Å². The molecule has 0 bridgehead atoms. The number of fused-ring (bicyclic) bond motifs is 2. The quantitative estimate of drug-likeness (QED) is 0.202. The summed E-state index contributed by atoms with van der Waals surface area (Å²) in [4.78, 5) is 2.24. The summed E-state index contributed by atoms with van der Waals surface area (Å²) in [5.74, 6) is 2.05. The number of phenols is 2. The van der Waals surface area contributed by atoms with Gasteiger partial charge in [0.25, 0.3) is 0 Å². The van der Waals surface area contributed by atoms with Crippen molar-refractivity contribution < 1.29 is 10.2 Å². The summed E-state index contributed by atoms with van der Waals surface area (Å²) in [5.41, 5.74) is 3.86. The predicted molar refractivity (Wildman–Crippen MR) is 162 cm³/mol. The van der Waals surface area contributed by atoms with Crippen LogP contribution in [0, 0.1) is 0 Å². The Bertz CT molecular complexity index is 1600. The Morgan fingerprint density at radius 3 is 1.26 bits per heavy atom. The Morgan fingerprint density at radius 1 is 0.447 bits per heavy atom. The van der Waals surface area contributed by atoms with E-state index in [-0.39, 0.29) is 11.5 Å². The van der Waals surface area contributed by atoms with Crippen LogP contribution >= 0.6 is 23.5 Å². The lowest BCUT2D eigenvalue weighted by molar-refractivity contribution is 0.470. The zero-order chi connectivity index (χ0) is 25.9. The van der Waals surface area contributed by atoms with Crippen LogP contribution in [0.15, 0.2) is 131 Å². The molecule has 6 aromatic rings. The smallest absolute Gasteiger partial charge is 0.124 e. The molecule has 4 heteroatoms.